The summed E-state index contributed by atoms with van der Waals surface area (Å²) in [5, 5.41) is 0. The van der Waals surface area contributed by atoms with Crippen LogP contribution in [-0.2, 0) is 9.47 Å². The minimum Gasteiger partial charge on any atom is -0.370 e. The number of rotatable bonds is 2. The van der Waals surface area contributed by atoms with Crippen molar-refractivity contribution in [2.75, 3.05) is 13.2 Å². The first-order valence-electron chi connectivity index (χ1n) is 4.02. The topological polar surface area (TPSA) is 18.5 Å². The standard InChI is InChI=1S/C9H12O2/c1-3-8(10-5-1)7-9-4-2-6-11-9/h1-4,8-9H,5-7H2/t8-,9+. The van der Waals surface area contributed by atoms with Gasteiger partial charge in [0.05, 0.1) is 25.4 Å². The third kappa shape index (κ3) is 1.70. The highest BCUT2D eigenvalue weighted by molar-refractivity contribution is 5.02. The Bertz CT molecular complexity index is 164. The third-order valence-electron chi connectivity index (χ3n) is 1.98. The van der Waals surface area contributed by atoms with Crippen molar-refractivity contribution in [3.05, 3.63) is 24.3 Å². The van der Waals surface area contributed by atoms with Gasteiger partial charge in [0.15, 0.2) is 0 Å². The van der Waals surface area contributed by atoms with E-state index >= 15 is 0 Å². The Morgan fingerprint density at radius 3 is 1.91 bits per heavy atom. The van der Waals surface area contributed by atoms with Crippen LogP contribution in [0.25, 0.3) is 0 Å². The molecule has 0 fully saturated rings. The largest absolute Gasteiger partial charge is 0.370 e. The van der Waals surface area contributed by atoms with E-state index in [0.717, 1.165) is 19.6 Å². The zero-order valence-corrected chi connectivity index (χ0v) is 6.40. The van der Waals surface area contributed by atoms with Gasteiger partial charge in [-0.15, -0.1) is 0 Å². The van der Waals surface area contributed by atoms with Gasteiger partial charge in [0.2, 0.25) is 0 Å². The van der Waals surface area contributed by atoms with E-state index in [1.807, 2.05) is 0 Å². The van der Waals surface area contributed by atoms with Crippen LogP contribution in [0, 0.1) is 0 Å². The molecule has 0 spiro atoms. The van der Waals surface area contributed by atoms with Gasteiger partial charge in [-0.25, -0.2) is 0 Å². The molecule has 2 aliphatic heterocycles. The van der Waals surface area contributed by atoms with Crippen LogP contribution in [0.2, 0.25) is 0 Å². The SMILES string of the molecule is C1=C[C@H](C[C@@H]2C=CCO2)OC1. The average molecular weight is 152 g/mol. The molecular weight excluding hydrogens is 140 g/mol. The molecule has 2 rings (SSSR count). The minimum absolute atomic E-state index is 0.280. The van der Waals surface area contributed by atoms with Crippen molar-refractivity contribution in [2.24, 2.45) is 0 Å². The highest BCUT2D eigenvalue weighted by Crippen LogP contribution is 2.15. The van der Waals surface area contributed by atoms with E-state index in [1.54, 1.807) is 0 Å². The van der Waals surface area contributed by atoms with Crippen LogP contribution >= 0.6 is 0 Å². The summed E-state index contributed by atoms with van der Waals surface area (Å²) in [5.74, 6) is 0. The number of hydrogen-bond donors (Lipinski definition) is 0. The maximum absolute atomic E-state index is 5.39. The minimum atomic E-state index is 0.280. The molecule has 60 valence electrons. The van der Waals surface area contributed by atoms with Crippen molar-refractivity contribution in [1.82, 2.24) is 0 Å². The predicted octanol–water partition coefficient (Wildman–Crippen LogP) is 1.29. The lowest BCUT2D eigenvalue weighted by Gasteiger charge is -2.12. The van der Waals surface area contributed by atoms with E-state index in [9.17, 15) is 0 Å². The summed E-state index contributed by atoms with van der Waals surface area (Å²) in [6.45, 7) is 1.53. The predicted molar refractivity (Wildman–Crippen MR) is 42.4 cm³/mol. The molecule has 0 saturated heterocycles. The van der Waals surface area contributed by atoms with Crippen LogP contribution in [0.15, 0.2) is 24.3 Å². The molecule has 0 aromatic heterocycles. The van der Waals surface area contributed by atoms with Crippen LogP contribution < -0.4 is 0 Å². The van der Waals surface area contributed by atoms with Crippen molar-refractivity contribution in [3.63, 3.8) is 0 Å². The Balaban J connectivity index is 1.80. The Labute approximate surface area is 66.5 Å². The normalized spacial score (nSPS) is 35.3. The van der Waals surface area contributed by atoms with Crippen molar-refractivity contribution in [1.29, 1.82) is 0 Å². The summed E-state index contributed by atoms with van der Waals surface area (Å²) >= 11 is 0. The lowest BCUT2D eigenvalue weighted by atomic mass is 10.1. The maximum Gasteiger partial charge on any atom is 0.0788 e. The van der Waals surface area contributed by atoms with Crippen molar-refractivity contribution < 1.29 is 9.47 Å². The van der Waals surface area contributed by atoms with Crippen LogP contribution in [0.5, 0.6) is 0 Å². The summed E-state index contributed by atoms with van der Waals surface area (Å²) in [5.41, 5.74) is 0. The zero-order chi connectivity index (χ0) is 7.52. The highest BCUT2D eigenvalue weighted by atomic mass is 16.5. The second-order valence-corrected chi connectivity index (χ2v) is 2.84. The Kier molecular flexibility index (Phi) is 2.06. The molecule has 0 amide bonds. The molecule has 2 heterocycles. The Hall–Kier alpha value is -0.600. The van der Waals surface area contributed by atoms with Gasteiger partial charge in [-0.3, -0.25) is 0 Å². The monoisotopic (exact) mass is 152 g/mol. The van der Waals surface area contributed by atoms with E-state index in [4.69, 9.17) is 9.47 Å². The Morgan fingerprint density at radius 1 is 1.00 bits per heavy atom. The van der Waals surface area contributed by atoms with E-state index < -0.39 is 0 Å². The molecule has 0 bridgehead atoms. The van der Waals surface area contributed by atoms with Gasteiger partial charge >= 0.3 is 0 Å². The fraction of sp³-hybridized carbons (Fsp3) is 0.556. The molecule has 0 aromatic carbocycles. The fourth-order valence-corrected chi connectivity index (χ4v) is 1.41. The smallest absolute Gasteiger partial charge is 0.0788 e. The third-order valence-corrected chi connectivity index (χ3v) is 1.98. The van der Waals surface area contributed by atoms with E-state index in [-0.39, 0.29) is 12.2 Å². The van der Waals surface area contributed by atoms with Crippen LogP contribution in [0.1, 0.15) is 6.42 Å². The number of ether oxygens (including phenoxy) is 2. The second-order valence-electron chi connectivity index (χ2n) is 2.84. The quantitative estimate of drug-likeness (QED) is 0.555. The lowest BCUT2D eigenvalue weighted by Crippen LogP contribution is -2.15. The van der Waals surface area contributed by atoms with Gasteiger partial charge in [0.1, 0.15) is 0 Å². The van der Waals surface area contributed by atoms with E-state index in [1.165, 1.54) is 0 Å². The van der Waals surface area contributed by atoms with Crippen LogP contribution in [0.4, 0.5) is 0 Å². The molecule has 0 unspecified atom stereocenters. The summed E-state index contributed by atoms with van der Waals surface area (Å²) in [6, 6.07) is 0. The molecule has 0 N–H and O–H groups in total. The van der Waals surface area contributed by atoms with Gasteiger partial charge in [-0.2, -0.15) is 0 Å². The first-order valence-corrected chi connectivity index (χ1v) is 4.02. The molecule has 0 saturated carbocycles. The first kappa shape index (κ1) is 7.07. The van der Waals surface area contributed by atoms with Crippen molar-refractivity contribution in [3.8, 4) is 0 Å². The molecule has 2 nitrogen and oxygen atoms in total. The van der Waals surface area contributed by atoms with Gasteiger partial charge < -0.3 is 9.47 Å². The summed E-state index contributed by atoms with van der Waals surface area (Å²) < 4.78 is 10.8. The molecule has 2 atom stereocenters. The second kappa shape index (κ2) is 3.20. The highest BCUT2D eigenvalue weighted by Gasteiger charge is 2.17. The summed E-state index contributed by atoms with van der Waals surface area (Å²) in [6.07, 6.45) is 9.86. The Morgan fingerprint density at radius 2 is 1.55 bits per heavy atom. The number of hydrogen-bond acceptors (Lipinski definition) is 2. The first-order chi connectivity index (χ1) is 5.45. The molecular formula is C9H12O2. The van der Waals surface area contributed by atoms with Gasteiger partial charge in [-0.05, 0) is 0 Å². The lowest BCUT2D eigenvalue weighted by molar-refractivity contribution is 0.0574. The van der Waals surface area contributed by atoms with Crippen LogP contribution in [0.3, 0.4) is 0 Å². The maximum atomic E-state index is 5.39. The zero-order valence-electron chi connectivity index (χ0n) is 6.40. The molecule has 0 aliphatic carbocycles. The molecule has 2 aliphatic rings. The van der Waals surface area contributed by atoms with Gasteiger partial charge in [0, 0.05) is 6.42 Å². The fourth-order valence-electron chi connectivity index (χ4n) is 1.41. The molecule has 11 heavy (non-hydrogen) atoms. The van der Waals surface area contributed by atoms with Gasteiger partial charge in [-0.1, -0.05) is 24.3 Å². The molecule has 0 radical (unpaired) electrons. The summed E-state index contributed by atoms with van der Waals surface area (Å²) in [7, 11) is 0. The molecule has 2 heteroatoms. The summed E-state index contributed by atoms with van der Waals surface area (Å²) in [4.78, 5) is 0. The van der Waals surface area contributed by atoms with E-state index in [0.29, 0.717) is 0 Å². The van der Waals surface area contributed by atoms with Crippen molar-refractivity contribution in [2.45, 2.75) is 18.6 Å². The molecule has 0 aromatic rings. The van der Waals surface area contributed by atoms with Crippen molar-refractivity contribution >= 4 is 0 Å². The van der Waals surface area contributed by atoms with E-state index in [2.05, 4.69) is 24.3 Å². The van der Waals surface area contributed by atoms with Gasteiger partial charge in [0.25, 0.3) is 0 Å². The van der Waals surface area contributed by atoms with Crippen LogP contribution in [-0.4, -0.2) is 25.4 Å². The average Bonchev–Trinajstić information content (AvgIpc) is 2.60.